The highest BCUT2D eigenvalue weighted by atomic mass is 16.4. The Kier molecular flexibility index (Phi) is 6.34. The third-order valence-corrected chi connectivity index (χ3v) is 5.46. The minimum absolute atomic E-state index is 0.256. The van der Waals surface area contributed by atoms with Crippen LogP contribution in [0.1, 0.15) is 64.2 Å². The summed E-state index contributed by atoms with van der Waals surface area (Å²) in [6, 6.07) is 1.15. The van der Waals surface area contributed by atoms with Crippen molar-refractivity contribution in [2.75, 3.05) is 20.6 Å². The standard InChI is InChI=1S/C17H32N2O2/c1-18(15-11-12-15)13-5-3-4-6-14-7-9-16(10-8-14)19(2)17(20)21/h14-16H,3-13H2,1-2H3,(H,20,21). The predicted octanol–water partition coefficient (Wildman–Crippen LogP) is 3.81. The van der Waals surface area contributed by atoms with Crippen LogP contribution < -0.4 is 0 Å². The number of carbonyl (C=O) groups is 1. The fourth-order valence-corrected chi connectivity index (χ4v) is 3.65. The van der Waals surface area contributed by atoms with Gasteiger partial charge in [-0.05, 0) is 64.5 Å². The van der Waals surface area contributed by atoms with E-state index in [0.717, 1.165) is 24.8 Å². The van der Waals surface area contributed by atoms with E-state index in [-0.39, 0.29) is 6.04 Å². The molecular formula is C17H32N2O2. The first-order valence-corrected chi connectivity index (χ1v) is 8.74. The summed E-state index contributed by atoms with van der Waals surface area (Å²) in [6.45, 7) is 1.26. The van der Waals surface area contributed by atoms with Crippen molar-refractivity contribution in [2.45, 2.75) is 76.3 Å². The van der Waals surface area contributed by atoms with Crippen LogP contribution >= 0.6 is 0 Å². The molecule has 2 fully saturated rings. The molecule has 1 amide bonds. The van der Waals surface area contributed by atoms with Crippen molar-refractivity contribution in [3.63, 3.8) is 0 Å². The van der Waals surface area contributed by atoms with Crippen molar-refractivity contribution < 1.29 is 9.90 Å². The Labute approximate surface area is 129 Å². The van der Waals surface area contributed by atoms with Gasteiger partial charge in [-0.25, -0.2) is 4.79 Å². The molecule has 0 heterocycles. The molecule has 0 aromatic rings. The van der Waals surface area contributed by atoms with Crippen LogP contribution in [0, 0.1) is 5.92 Å². The molecule has 0 unspecified atom stereocenters. The van der Waals surface area contributed by atoms with E-state index in [1.54, 1.807) is 7.05 Å². The van der Waals surface area contributed by atoms with E-state index in [1.807, 2.05) is 0 Å². The van der Waals surface area contributed by atoms with Gasteiger partial charge in [-0.1, -0.05) is 19.3 Å². The molecule has 21 heavy (non-hydrogen) atoms. The first kappa shape index (κ1) is 16.6. The van der Waals surface area contributed by atoms with E-state index >= 15 is 0 Å². The Morgan fingerprint density at radius 1 is 0.952 bits per heavy atom. The van der Waals surface area contributed by atoms with Crippen molar-refractivity contribution in [3.8, 4) is 0 Å². The number of hydrogen-bond acceptors (Lipinski definition) is 2. The number of hydrogen-bond donors (Lipinski definition) is 1. The largest absolute Gasteiger partial charge is 0.465 e. The SMILES string of the molecule is CN(CCCCCC1CCC(N(C)C(=O)O)CC1)C1CC1. The Bertz CT molecular complexity index is 323. The number of carboxylic acid groups (broad SMARTS) is 1. The number of amides is 1. The molecule has 0 spiro atoms. The van der Waals surface area contributed by atoms with Gasteiger partial charge < -0.3 is 14.9 Å². The van der Waals surface area contributed by atoms with E-state index in [2.05, 4.69) is 11.9 Å². The lowest BCUT2D eigenvalue weighted by atomic mass is 9.82. The summed E-state index contributed by atoms with van der Waals surface area (Å²) in [4.78, 5) is 15.0. The van der Waals surface area contributed by atoms with Gasteiger partial charge in [-0.15, -0.1) is 0 Å². The summed E-state index contributed by atoms with van der Waals surface area (Å²) in [5.74, 6) is 0.838. The maximum absolute atomic E-state index is 11.0. The van der Waals surface area contributed by atoms with E-state index in [9.17, 15) is 4.79 Å². The summed E-state index contributed by atoms with van der Waals surface area (Å²) < 4.78 is 0. The molecule has 0 atom stereocenters. The first-order chi connectivity index (χ1) is 10.1. The van der Waals surface area contributed by atoms with Gasteiger partial charge in [0.1, 0.15) is 0 Å². The molecule has 0 aliphatic heterocycles. The zero-order valence-electron chi connectivity index (χ0n) is 13.8. The molecule has 0 saturated heterocycles. The highest BCUT2D eigenvalue weighted by Gasteiger charge is 2.26. The maximum atomic E-state index is 11.0. The molecule has 0 radical (unpaired) electrons. The average Bonchev–Trinajstić information content (AvgIpc) is 3.31. The quantitative estimate of drug-likeness (QED) is 0.693. The molecule has 0 aromatic carbocycles. The molecule has 2 saturated carbocycles. The fraction of sp³-hybridized carbons (Fsp3) is 0.941. The molecule has 2 aliphatic carbocycles. The van der Waals surface area contributed by atoms with E-state index in [4.69, 9.17) is 5.11 Å². The third kappa shape index (κ3) is 5.50. The summed E-state index contributed by atoms with van der Waals surface area (Å²) in [6.07, 6.45) is 12.0. The fourth-order valence-electron chi connectivity index (χ4n) is 3.65. The lowest BCUT2D eigenvalue weighted by Gasteiger charge is -2.33. The van der Waals surface area contributed by atoms with Gasteiger partial charge in [0.15, 0.2) is 0 Å². The molecule has 4 nitrogen and oxygen atoms in total. The van der Waals surface area contributed by atoms with Crippen LogP contribution in [0.25, 0.3) is 0 Å². The van der Waals surface area contributed by atoms with Crippen LogP contribution in [0.5, 0.6) is 0 Å². The Hall–Kier alpha value is -0.770. The molecule has 0 aromatic heterocycles. The van der Waals surface area contributed by atoms with Gasteiger partial charge in [0.25, 0.3) is 0 Å². The van der Waals surface area contributed by atoms with Crippen LogP contribution in [0.3, 0.4) is 0 Å². The highest BCUT2D eigenvalue weighted by Crippen LogP contribution is 2.31. The smallest absolute Gasteiger partial charge is 0.407 e. The predicted molar refractivity (Wildman–Crippen MR) is 85.7 cm³/mol. The summed E-state index contributed by atoms with van der Waals surface area (Å²) >= 11 is 0. The van der Waals surface area contributed by atoms with Crippen LogP contribution in [0.2, 0.25) is 0 Å². The van der Waals surface area contributed by atoms with Crippen LogP contribution in [-0.2, 0) is 0 Å². The lowest BCUT2D eigenvalue weighted by molar-refractivity contribution is 0.117. The van der Waals surface area contributed by atoms with Crippen molar-refractivity contribution in [2.24, 2.45) is 5.92 Å². The Morgan fingerprint density at radius 2 is 1.57 bits per heavy atom. The summed E-state index contributed by atoms with van der Waals surface area (Å²) in [5, 5.41) is 9.01. The summed E-state index contributed by atoms with van der Waals surface area (Å²) in [7, 11) is 3.97. The van der Waals surface area contributed by atoms with Crippen molar-refractivity contribution in [1.29, 1.82) is 0 Å². The Morgan fingerprint density at radius 3 is 2.14 bits per heavy atom. The van der Waals surface area contributed by atoms with Crippen molar-refractivity contribution in [1.82, 2.24) is 9.80 Å². The molecule has 122 valence electrons. The lowest BCUT2D eigenvalue weighted by Crippen LogP contribution is -2.38. The molecule has 2 rings (SSSR count). The number of rotatable bonds is 8. The second-order valence-corrected chi connectivity index (χ2v) is 7.13. The minimum Gasteiger partial charge on any atom is -0.465 e. The third-order valence-electron chi connectivity index (χ3n) is 5.46. The molecule has 2 aliphatic rings. The molecule has 1 N–H and O–H groups in total. The monoisotopic (exact) mass is 296 g/mol. The number of nitrogens with zero attached hydrogens (tertiary/aromatic N) is 2. The van der Waals surface area contributed by atoms with Crippen molar-refractivity contribution in [3.05, 3.63) is 0 Å². The topological polar surface area (TPSA) is 43.8 Å². The maximum Gasteiger partial charge on any atom is 0.407 e. The van der Waals surface area contributed by atoms with Gasteiger partial charge in [0.2, 0.25) is 0 Å². The molecule has 0 bridgehead atoms. The van der Waals surface area contributed by atoms with Crippen molar-refractivity contribution >= 4 is 6.09 Å². The van der Waals surface area contributed by atoms with Gasteiger partial charge in [0, 0.05) is 19.1 Å². The van der Waals surface area contributed by atoms with E-state index in [1.165, 1.54) is 62.8 Å². The van der Waals surface area contributed by atoms with Gasteiger partial charge in [0.05, 0.1) is 0 Å². The molecular weight excluding hydrogens is 264 g/mol. The van der Waals surface area contributed by atoms with Crippen LogP contribution in [-0.4, -0.2) is 53.7 Å². The normalized spacial score (nSPS) is 26.0. The van der Waals surface area contributed by atoms with Crippen LogP contribution in [0.4, 0.5) is 4.79 Å². The second-order valence-electron chi connectivity index (χ2n) is 7.13. The Balaban J connectivity index is 1.49. The van der Waals surface area contributed by atoms with Gasteiger partial charge in [-0.3, -0.25) is 0 Å². The average molecular weight is 296 g/mol. The highest BCUT2D eigenvalue weighted by molar-refractivity contribution is 5.64. The summed E-state index contributed by atoms with van der Waals surface area (Å²) in [5.41, 5.74) is 0. The van der Waals surface area contributed by atoms with E-state index < -0.39 is 6.09 Å². The van der Waals surface area contributed by atoms with Crippen LogP contribution in [0.15, 0.2) is 0 Å². The van der Waals surface area contributed by atoms with E-state index in [0.29, 0.717) is 0 Å². The molecule has 4 heteroatoms. The van der Waals surface area contributed by atoms with Gasteiger partial charge >= 0.3 is 6.09 Å². The van der Waals surface area contributed by atoms with Gasteiger partial charge in [-0.2, -0.15) is 0 Å². The first-order valence-electron chi connectivity index (χ1n) is 8.74. The zero-order chi connectivity index (χ0) is 15.2. The minimum atomic E-state index is -0.779. The number of unbranched alkanes of at least 4 members (excludes halogenated alkanes) is 2. The second kappa shape index (κ2) is 8.02. The zero-order valence-corrected chi connectivity index (χ0v) is 13.8.